The highest BCUT2D eigenvalue weighted by molar-refractivity contribution is 5.83. The van der Waals surface area contributed by atoms with Gasteiger partial charge in [0.1, 0.15) is 0 Å². The molecule has 1 aromatic rings. The highest BCUT2D eigenvalue weighted by Crippen LogP contribution is 1.94. The van der Waals surface area contributed by atoms with Crippen LogP contribution in [0.4, 0.5) is 0 Å². The van der Waals surface area contributed by atoms with Crippen molar-refractivity contribution in [3.63, 3.8) is 0 Å². The number of pyridine rings is 1. The first-order valence-corrected chi connectivity index (χ1v) is 6.05. The van der Waals surface area contributed by atoms with Crippen LogP contribution >= 0.6 is 0 Å². The number of nitrogens with one attached hydrogen (secondary N) is 1. The predicted molar refractivity (Wildman–Crippen MR) is 68.6 cm³/mol. The first-order valence-electron chi connectivity index (χ1n) is 6.05. The molecule has 0 saturated carbocycles. The number of rotatable bonds is 6. The molecule has 0 aliphatic rings. The number of nitrogens with zero attached hydrogens (tertiary/aromatic N) is 2. The van der Waals surface area contributed by atoms with Crippen LogP contribution in [0.5, 0.6) is 0 Å². The molecule has 18 heavy (non-hydrogen) atoms. The van der Waals surface area contributed by atoms with E-state index in [0.717, 1.165) is 12.1 Å². The average molecular weight is 249 g/mol. The molecule has 0 radical (unpaired) electrons. The Hall–Kier alpha value is -1.91. The number of amides is 2. The summed E-state index contributed by atoms with van der Waals surface area (Å²) in [4.78, 5) is 28.6. The highest BCUT2D eigenvalue weighted by atomic mass is 16.2. The van der Waals surface area contributed by atoms with Gasteiger partial charge in [0.05, 0.1) is 18.8 Å². The summed E-state index contributed by atoms with van der Waals surface area (Å²) in [5.41, 5.74) is 0.802. The Labute approximate surface area is 107 Å². The molecule has 0 atom stereocenters. The minimum absolute atomic E-state index is 0.0789. The zero-order valence-corrected chi connectivity index (χ0v) is 10.8. The van der Waals surface area contributed by atoms with Crippen molar-refractivity contribution in [1.82, 2.24) is 15.2 Å². The van der Waals surface area contributed by atoms with Gasteiger partial charge in [-0.2, -0.15) is 0 Å². The van der Waals surface area contributed by atoms with E-state index in [1.54, 1.807) is 6.20 Å². The number of hydrogen-bond donors (Lipinski definition) is 1. The summed E-state index contributed by atoms with van der Waals surface area (Å²) in [6, 6.07) is 5.53. The standard InChI is InChI=1S/C13H19N3O2/c1-3-8-16(11(2)17)10-13(18)15-9-12-6-4-5-7-14-12/h4-7H,3,8-10H2,1-2H3,(H,15,18). The van der Waals surface area contributed by atoms with E-state index in [-0.39, 0.29) is 18.4 Å². The lowest BCUT2D eigenvalue weighted by atomic mass is 10.3. The summed E-state index contributed by atoms with van der Waals surface area (Å²) in [5, 5.41) is 2.75. The van der Waals surface area contributed by atoms with Crippen molar-refractivity contribution in [2.24, 2.45) is 0 Å². The number of hydrogen-bond acceptors (Lipinski definition) is 3. The van der Waals surface area contributed by atoms with Crippen LogP contribution in [-0.2, 0) is 16.1 Å². The number of aromatic nitrogens is 1. The zero-order valence-electron chi connectivity index (χ0n) is 10.8. The molecular weight excluding hydrogens is 230 g/mol. The summed E-state index contributed by atoms with van der Waals surface area (Å²) in [6.45, 7) is 4.54. The Morgan fingerprint density at radius 3 is 2.72 bits per heavy atom. The van der Waals surface area contributed by atoms with Crippen molar-refractivity contribution in [2.75, 3.05) is 13.1 Å². The molecular formula is C13H19N3O2. The van der Waals surface area contributed by atoms with Crippen molar-refractivity contribution in [2.45, 2.75) is 26.8 Å². The number of carbonyl (C=O) groups is 2. The minimum Gasteiger partial charge on any atom is -0.349 e. The molecule has 0 bridgehead atoms. The highest BCUT2D eigenvalue weighted by Gasteiger charge is 2.12. The lowest BCUT2D eigenvalue weighted by Crippen LogP contribution is -2.39. The van der Waals surface area contributed by atoms with Crippen LogP contribution in [0.2, 0.25) is 0 Å². The topological polar surface area (TPSA) is 62.3 Å². The van der Waals surface area contributed by atoms with Crippen LogP contribution in [-0.4, -0.2) is 34.8 Å². The van der Waals surface area contributed by atoms with Gasteiger partial charge < -0.3 is 10.2 Å². The molecule has 1 N–H and O–H groups in total. The Kier molecular flexibility index (Phi) is 5.84. The van der Waals surface area contributed by atoms with Crippen molar-refractivity contribution >= 4 is 11.8 Å². The molecule has 0 fully saturated rings. The van der Waals surface area contributed by atoms with Gasteiger partial charge in [-0.05, 0) is 18.6 Å². The summed E-state index contributed by atoms with van der Waals surface area (Å²) >= 11 is 0. The smallest absolute Gasteiger partial charge is 0.239 e. The Morgan fingerprint density at radius 1 is 1.39 bits per heavy atom. The van der Waals surface area contributed by atoms with E-state index in [1.807, 2.05) is 25.1 Å². The Morgan fingerprint density at radius 2 is 2.17 bits per heavy atom. The van der Waals surface area contributed by atoms with Crippen molar-refractivity contribution in [3.8, 4) is 0 Å². The fourth-order valence-electron chi connectivity index (χ4n) is 1.54. The molecule has 0 aromatic carbocycles. The maximum atomic E-state index is 11.7. The fourth-order valence-corrected chi connectivity index (χ4v) is 1.54. The molecule has 2 amide bonds. The van der Waals surface area contributed by atoms with E-state index in [2.05, 4.69) is 10.3 Å². The van der Waals surface area contributed by atoms with Gasteiger partial charge in [0.25, 0.3) is 0 Å². The quantitative estimate of drug-likeness (QED) is 0.816. The van der Waals surface area contributed by atoms with Gasteiger partial charge in [-0.15, -0.1) is 0 Å². The molecule has 0 unspecified atom stereocenters. The van der Waals surface area contributed by atoms with Crippen LogP contribution in [0.1, 0.15) is 26.0 Å². The minimum atomic E-state index is -0.163. The normalized spacial score (nSPS) is 9.89. The van der Waals surface area contributed by atoms with Crippen LogP contribution in [0.15, 0.2) is 24.4 Å². The van der Waals surface area contributed by atoms with E-state index in [4.69, 9.17) is 0 Å². The third-order valence-corrected chi connectivity index (χ3v) is 2.47. The van der Waals surface area contributed by atoms with Gasteiger partial charge in [0.15, 0.2) is 0 Å². The molecule has 0 saturated heterocycles. The van der Waals surface area contributed by atoms with Crippen molar-refractivity contribution < 1.29 is 9.59 Å². The van der Waals surface area contributed by atoms with Crippen molar-refractivity contribution in [3.05, 3.63) is 30.1 Å². The molecule has 1 heterocycles. The number of carbonyl (C=O) groups excluding carboxylic acids is 2. The van der Waals surface area contributed by atoms with Gasteiger partial charge in [-0.3, -0.25) is 14.6 Å². The van der Waals surface area contributed by atoms with E-state index in [1.165, 1.54) is 11.8 Å². The van der Waals surface area contributed by atoms with Crippen molar-refractivity contribution in [1.29, 1.82) is 0 Å². The third kappa shape index (κ3) is 4.95. The fraction of sp³-hybridized carbons (Fsp3) is 0.462. The molecule has 0 aliphatic heterocycles. The Bertz CT molecular complexity index is 392. The molecule has 5 heteroatoms. The molecule has 0 spiro atoms. The molecule has 98 valence electrons. The second-order valence-electron chi connectivity index (χ2n) is 4.04. The van der Waals surface area contributed by atoms with Crippen LogP contribution < -0.4 is 5.32 Å². The van der Waals surface area contributed by atoms with Gasteiger partial charge in [-0.25, -0.2) is 0 Å². The van der Waals surface area contributed by atoms with Gasteiger partial charge in [-0.1, -0.05) is 13.0 Å². The summed E-state index contributed by atoms with van der Waals surface area (Å²) < 4.78 is 0. The zero-order chi connectivity index (χ0) is 13.4. The first-order chi connectivity index (χ1) is 8.63. The second kappa shape index (κ2) is 7.42. The average Bonchev–Trinajstić information content (AvgIpc) is 2.37. The molecule has 5 nitrogen and oxygen atoms in total. The predicted octanol–water partition coefficient (Wildman–Crippen LogP) is 0.956. The maximum Gasteiger partial charge on any atom is 0.239 e. The summed E-state index contributed by atoms with van der Waals surface area (Å²) in [6.07, 6.45) is 2.52. The van der Waals surface area contributed by atoms with Gasteiger partial charge in [0.2, 0.25) is 11.8 Å². The van der Waals surface area contributed by atoms with Gasteiger partial charge in [0, 0.05) is 19.7 Å². The molecule has 1 aromatic heterocycles. The van der Waals surface area contributed by atoms with Crippen LogP contribution in [0.25, 0.3) is 0 Å². The Balaban J connectivity index is 2.39. The lowest BCUT2D eigenvalue weighted by Gasteiger charge is -2.19. The van der Waals surface area contributed by atoms with E-state index >= 15 is 0 Å². The molecule has 0 aliphatic carbocycles. The van der Waals surface area contributed by atoms with Crippen LogP contribution in [0, 0.1) is 0 Å². The van der Waals surface area contributed by atoms with E-state index < -0.39 is 0 Å². The molecule has 1 rings (SSSR count). The maximum absolute atomic E-state index is 11.7. The monoisotopic (exact) mass is 249 g/mol. The van der Waals surface area contributed by atoms with Crippen LogP contribution in [0.3, 0.4) is 0 Å². The third-order valence-electron chi connectivity index (χ3n) is 2.47. The van der Waals surface area contributed by atoms with E-state index in [9.17, 15) is 9.59 Å². The SMILES string of the molecule is CCCN(CC(=O)NCc1ccccn1)C(C)=O. The summed E-state index contributed by atoms with van der Waals surface area (Å²) in [5.74, 6) is -0.242. The lowest BCUT2D eigenvalue weighted by molar-refractivity contribution is -0.134. The second-order valence-corrected chi connectivity index (χ2v) is 4.04. The van der Waals surface area contributed by atoms with E-state index in [0.29, 0.717) is 13.1 Å². The summed E-state index contributed by atoms with van der Waals surface area (Å²) in [7, 11) is 0. The first kappa shape index (κ1) is 14.2. The largest absolute Gasteiger partial charge is 0.349 e. The van der Waals surface area contributed by atoms with Gasteiger partial charge >= 0.3 is 0 Å².